The lowest BCUT2D eigenvalue weighted by Crippen LogP contribution is -2.58. The highest BCUT2D eigenvalue weighted by atomic mass is 31.3. The van der Waals surface area contributed by atoms with Gasteiger partial charge >= 0.3 is 15.6 Å². The molecule has 20 heavy (non-hydrogen) atoms. The van der Waals surface area contributed by atoms with Gasteiger partial charge in [-0.25, -0.2) is 9.13 Å². The number of hydrogen-bond acceptors (Lipinski definition) is 9. The van der Waals surface area contributed by atoms with Gasteiger partial charge in [-0.15, -0.1) is 0 Å². The number of hydrogen-bond donors (Lipinski definition) is 7. The van der Waals surface area contributed by atoms with Crippen LogP contribution in [0.25, 0.3) is 0 Å². The first-order chi connectivity index (χ1) is 8.97. The van der Waals surface area contributed by atoms with Crippen molar-refractivity contribution in [3.05, 3.63) is 0 Å². The van der Waals surface area contributed by atoms with Gasteiger partial charge in [0.25, 0.3) is 0 Å². The minimum Gasteiger partial charge on any atom is -0.394 e. The van der Waals surface area contributed by atoms with Crippen molar-refractivity contribution in [1.82, 2.24) is 0 Å². The van der Waals surface area contributed by atoms with E-state index in [1.165, 1.54) is 0 Å². The third-order valence-corrected chi connectivity index (χ3v) is 4.45. The van der Waals surface area contributed by atoms with E-state index in [1.807, 2.05) is 0 Å². The van der Waals surface area contributed by atoms with E-state index in [1.54, 1.807) is 0 Å². The maximum Gasteiger partial charge on any atom is 0.483 e. The number of ether oxygens (including phenoxy) is 1. The summed E-state index contributed by atoms with van der Waals surface area (Å²) in [5.41, 5.74) is 0. The molecule has 7 N–H and O–H groups in total. The summed E-state index contributed by atoms with van der Waals surface area (Å²) in [5.74, 6) is 0. The van der Waals surface area contributed by atoms with Crippen LogP contribution < -0.4 is 0 Å². The first kappa shape index (κ1) is 18.1. The van der Waals surface area contributed by atoms with Crippen molar-refractivity contribution in [3.63, 3.8) is 0 Å². The van der Waals surface area contributed by atoms with Crippen LogP contribution >= 0.6 is 15.6 Å². The smallest absolute Gasteiger partial charge is 0.394 e. The molecule has 6 atom stereocenters. The van der Waals surface area contributed by atoms with Gasteiger partial charge in [0.1, 0.15) is 24.4 Å². The molecule has 1 saturated heterocycles. The van der Waals surface area contributed by atoms with Crippen molar-refractivity contribution in [1.29, 1.82) is 0 Å². The Balaban J connectivity index is 2.80. The van der Waals surface area contributed by atoms with Gasteiger partial charge in [0, 0.05) is 0 Å². The third-order valence-electron chi connectivity index (χ3n) is 2.30. The molecular weight excluding hydrogens is 326 g/mol. The maximum atomic E-state index is 11.2. The normalized spacial score (nSPS) is 38.5. The molecule has 0 radical (unpaired) electrons. The van der Waals surface area contributed by atoms with Crippen molar-refractivity contribution >= 4 is 15.6 Å². The zero-order chi connectivity index (χ0) is 15.7. The average molecular weight is 340 g/mol. The van der Waals surface area contributed by atoms with E-state index in [-0.39, 0.29) is 0 Å². The second-order valence-electron chi connectivity index (χ2n) is 3.84. The largest absolute Gasteiger partial charge is 0.483 e. The summed E-state index contributed by atoms with van der Waals surface area (Å²) in [5, 5.41) is 37.1. The molecule has 0 spiro atoms. The van der Waals surface area contributed by atoms with Gasteiger partial charge in [0.05, 0.1) is 6.61 Å². The van der Waals surface area contributed by atoms with Crippen LogP contribution in [0.15, 0.2) is 0 Å². The lowest BCUT2D eigenvalue weighted by atomic mass is 10.00. The summed E-state index contributed by atoms with van der Waals surface area (Å²) in [6.45, 7) is -0.820. The summed E-state index contributed by atoms with van der Waals surface area (Å²) < 4.78 is 34.0. The van der Waals surface area contributed by atoms with E-state index in [9.17, 15) is 24.4 Å². The molecule has 0 aromatic carbocycles. The molecule has 1 aliphatic heterocycles. The number of aliphatic hydroxyl groups excluding tert-OH is 4. The molecule has 14 heteroatoms. The Morgan fingerprint density at radius 3 is 2.00 bits per heavy atom. The predicted molar refractivity (Wildman–Crippen MR) is 57.8 cm³/mol. The minimum absolute atomic E-state index is 0.820. The second-order valence-corrected chi connectivity index (χ2v) is 6.63. The fourth-order valence-electron chi connectivity index (χ4n) is 1.44. The number of phosphoric acid groups is 2. The summed E-state index contributed by atoms with van der Waals surface area (Å²) in [4.78, 5) is 25.8. The topological polar surface area (TPSA) is 203 Å². The number of aliphatic hydroxyl groups is 4. The minimum atomic E-state index is -5.36. The highest BCUT2D eigenvalue weighted by molar-refractivity contribution is 7.60. The van der Waals surface area contributed by atoms with Crippen LogP contribution in [0.3, 0.4) is 0 Å². The SMILES string of the molecule is O=P(O)(O)OP(=O)(O)O[C@@H]1O[C@H](CO)[C@@H](O)[C@H](O)[C@@H]1O. The predicted octanol–water partition coefficient (Wildman–Crippen LogP) is -2.99. The molecule has 1 aliphatic rings. The van der Waals surface area contributed by atoms with Gasteiger partial charge in [-0.3, -0.25) is 4.52 Å². The highest BCUT2D eigenvalue weighted by Crippen LogP contribution is 2.58. The van der Waals surface area contributed by atoms with Crippen LogP contribution in [0.2, 0.25) is 0 Å². The van der Waals surface area contributed by atoms with Crippen LogP contribution in [0.5, 0.6) is 0 Å². The van der Waals surface area contributed by atoms with Gasteiger partial charge in [0.15, 0.2) is 6.29 Å². The monoisotopic (exact) mass is 340 g/mol. The van der Waals surface area contributed by atoms with Crippen LogP contribution in [0, 0.1) is 0 Å². The summed E-state index contributed by atoms with van der Waals surface area (Å²) in [7, 11) is -10.7. The van der Waals surface area contributed by atoms with Crippen LogP contribution in [0.4, 0.5) is 0 Å². The van der Waals surface area contributed by atoms with Gasteiger partial charge in [-0.2, -0.15) is 4.31 Å². The molecule has 1 fully saturated rings. The van der Waals surface area contributed by atoms with E-state index in [0.717, 1.165) is 0 Å². The molecule has 120 valence electrons. The Bertz CT molecular complexity index is 418. The van der Waals surface area contributed by atoms with Crippen molar-refractivity contribution in [3.8, 4) is 0 Å². The van der Waals surface area contributed by atoms with Gasteiger partial charge in [-0.05, 0) is 0 Å². The zero-order valence-corrected chi connectivity index (χ0v) is 11.4. The standard InChI is InChI=1S/C6H14O12P2/c7-1-2-3(8)4(9)5(10)6(16-2)17-20(14,15)18-19(11,12)13/h2-10H,1H2,(H,14,15)(H2,11,12,13)/t2-,3-,4+,5+,6+/m1/s1. The summed E-state index contributed by atoms with van der Waals surface area (Å²) in [6.07, 6.45) is -9.12. The van der Waals surface area contributed by atoms with Crippen LogP contribution in [-0.4, -0.2) is 72.4 Å². The van der Waals surface area contributed by atoms with E-state index >= 15 is 0 Å². The average Bonchev–Trinajstić information content (AvgIpc) is 2.26. The third kappa shape index (κ3) is 4.81. The van der Waals surface area contributed by atoms with Crippen molar-refractivity contribution in [2.24, 2.45) is 0 Å². The van der Waals surface area contributed by atoms with E-state index < -0.39 is 53.0 Å². The lowest BCUT2D eigenvalue weighted by molar-refractivity contribution is -0.280. The molecule has 12 nitrogen and oxygen atoms in total. The zero-order valence-electron chi connectivity index (χ0n) is 9.66. The maximum absolute atomic E-state index is 11.2. The molecule has 1 unspecified atom stereocenters. The lowest BCUT2D eigenvalue weighted by Gasteiger charge is -2.39. The molecule has 0 aromatic rings. The Kier molecular flexibility index (Phi) is 5.83. The molecule has 0 aromatic heterocycles. The van der Waals surface area contributed by atoms with Crippen molar-refractivity contribution in [2.45, 2.75) is 30.7 Å². The van der Waals surface area contributed by atoms with Crippen LogP contribution in [0.1, 0.15) is 0 Å². The number of rotatable bonds is 5. The molecule has 1 heterocycles. The van der Waals surface area contributed by atoms with Crippen molar-refractivity contribution in [2.75, 3.05) is 6.61 Å². The fraction of sp³-hybridized carbons (Fsp3) is 1.00. The highest BCUT2D eigenvalue weighted by Gasteiger charge is 2.47. The van der Waals surface area contributed by atoms with Crippen molar-refractivity contribution < 1.29 is 57.8 Å². The Labute approximate surface area is 112 Å². The Morgan fingerprint density at radius 2 is 1.55 bits per heavy atom. The Hall–Kier alpha value is 0.0600. The summed E-state index contributed by atoms with van der Waals surface area (Å²) >= 11 is 0. The molecule has 0 saturated carbocycles. The fourth-order valence-corrected chi connectivity index (χ4v) is 3.11. The van der Waals surface area contributed by atoms with Gasteiger partial charge in [-0.1, -0.05) is 0 Å². The molecule has 0 aliphatic carbocycles. The summed E-state index contributed by atoms with van der Waals surface area (Å²) in [6, 6.07) is 0. The first-order valence-corrected chi connectivity index (χ1v) is 8.08. The quantitative estimate of drug-likeness (QED) is 0.250. The first-order valence-electron chi connectivity index (χ1n) is 5.05. The molecule has 0 bridgehead atoms. The molecular formula is C6H14O12P2. The van der Waals surface area contributed by atoms with E-state index in [0.29, 0.717) is 0 Å². The van der Waals surface area contributed by atoms with E-state index in [4.69, 9.17) is 19.8 Å². The molecule has 0 amide bonds. The molecule has 1 rings (SSSR count). The number of phosphoric ester groups is 1. The van der Waals surface area contributed by atoms with Gasteiger partial charge in [0.2, 0.25) is 0 Å². The van der Waals surface area contributed by atoms with Gasteiger partial charge < -0.3 is 39.8 Å². The Morgan fingerprint density at radius 1 is 1.00 bits per heavy atom. The van der Waals surface area contributed by atoms with Crippen LogP contribution in [-0.2, 0) is 22.7 Å². The van der Waals surface area contributed by atoms with E-state index in [2.05, 4.69) is 13.6 Å². The second kappa shape index (κ2) is 6.44.